The summed E-state index contributed by atoms with van der Waals surface area (Å²) in [4.78, 5) is 21.8. The van der Waals surface area contributed by atoms with Gasteiger partial charge >= 0.3 is 0 Å². The molecule has 0 amide bonds. The predicted octanol–water partition coefficient (Wildman–Crippen LogP) is 3.70. The zero-order valence-corrected chi connectivity index (χ0v) is 18.1. The highest BCUT2D eigenvalue weighted by atomic mass is 16.5. The van der Waals surface area contributed by atoms with Crippen LogP contribution in [0.2, 0.25) is 0 Å². The summed E-state index contributed by atoms with van der Waals surface area (Å²) in [6, 6.07) is 10.0. The number of aromatic nitrogens is 3. The first-order valence-corrected chi connectivity index (χ1v) is 11.4. The fourth-order valence-electron chi connectivity index (χ4n) is 4.87. The van der Waals surface area contributed by atoms with Gasteiger partial charge in [-0.25, -0.2) is 6.57 Å². The number of pyridine rings is 1. The summed E-state index contributed by atoms with van der Waals surface area (Å²) in [7, 11) is 0. The number of hydrogen-bond acceptors (Lipinski definition) is 5. The minimum Gasteiger partial charge on any atom is -0.379 e. The molecule has 0 spiro atoms. The van der Waals surface area contributed by atoms with Crippen LogP contribution in [0.15, 0.2) is 41.3 Å². The van der Waals surface area contributed by atoms with E-state index in [0.717, 1.165) is 69.7 Å². The minimum atomic E-state index is -0.170. The van der Waals surface area contributed by atoms with Crippen molar-refractivity contribution in [1.82, 2.24) is 19.7 Å². The number of nitrogens with one attached hydrogen (secondary N) is 2. The largest absolute Gasteiger partial charge is 0.379 e. The van der Waals surface area contributed by atoms with Crippen molar-refractivity contribution in [2.45, 2.75) is 44.3 Å². The van der Waals surface area contributed by atoms with Crippen LogP contribution in [0.5, 0.6) is 0 Å². The molecule has 3 aromatic rings. The Morgan fingerprint density at radius 3 is 2.91 bits per heavy atom. The Labute approximate surface area is 187 Å². The van der Waals surface area contributed by atoms with Gasteiger partial charge in [0.25, 0.3) is 5.56 Å². The fourth-order valence-corrected chi connectivity index (χ4v) is 4.87. The van der Waals surface area contributed by atoms with Gasteiger partial charge in [0.1, 0.15) is 11.4 Å². The van der Waals surface area contributed by atoms with Crippen LogP contribution in [0.1, 0.15) is 37.3 Å². The Hall–Kier alpha value is -3.15. The quantitative estimate of drug-likeness (QED) is 0.601. The maximum atomic E-state index is 12.7. The summed E-state index contributed by atoms with van der Waals surface area (Å²) in [6.45, 7) is 11.9. The van der Waals surface area contributed by atoms with Crippen LogP contribution in [0.3, 0.4) is 0 Å². The highest BCUT2D eigenvalue weighted by Gasteiger charge is 2.33. The molecule has 1 saturated heterocycles. The van der Waals surface area contributed by atoms with Crippen LogP contribution in [0.25, 0.3) is 15.7 Å². The van der Waals surface area contributed by atoms with E-state index in [9.17, 15) is 4.79 Å². The van der Waals surface area contributed by atoms with E-state index in [1.54, 1.807) is 6.20 Å². The lowest BCUT2D eigenvalue weighted by Gasteiger charge is -2.26. The van der Waals surface area contributed by atoms with Crippen molar-refractivity contribution in [2.24, 2.45) is 0 Å². The van der Waals surface area contributed by atoms with Gasteiger partial charge in [0.15, 0.2) is 5.82 Å². The molecule has 3 heterocycles. The van der Waals surface area contributed by atoms with Gasteiger partial charge in [-0.2, -0.15) is 5.10 Å². The molecular formula is C24H28N6O2. The van der Waals surface area contributed by atoms with Gasteiger partial charge in [-0.05, 0) is 36.6 Å². The van der Waals surface area contributed by atoms with Crippen LogP contribution in [-0.2, 0) is 11.3 Å². The average Bonchev–Trinajstić information content (AvgIpc) is 3.19. The van der Waals surface area contributed by atoms with E-state index in [0.29, 0.717) is 11.2 Å². The standard InChI is InChI=1S/C24H28N6O2/c1-25-19-7-2-3-8-20(19)30-21-9-10-26-24(31)22(21)23(28-30)27-18-6-4-5-17(15-18)16-29-11-13-32-14-12-29/h4-6,9-10,15,19-20H,2-3,7-8,11-14,16H2,(H,26,31)(H,27,28)/t19-,20-/m0/s1. The number of fused-ring (bicyclic) bond motifs is 1. The van der Waals surface area contributed by atoms with Crippen molar-refractivity contribution >= 4 is 22.4 Å². The smallest absolute Gasteiger partial charge is 0.261 e. The number of morpholine rings is 1. The Kier molecular flexibility index (Phi) is 5.93. The molecule has 32 heavy (non-hydrogen) atoms. The first kappa shape index (κ1) is 20.7. The summed E-state index contributed by atoms with van der Waals surface area (Å²) in [6.07, 6.45) is 5.60. The third kappa shape index (κ3) is 4.14. The maximum Gasteiger partial charge on any atom is 0.261 e. The first-order chi connectivity index (χ1) is 15.7. The molecule has 2 N–H and O–H groups in total. The normalized spacial score (nSPS) is 22.0. The monoisotopic (exact) mass is 432 g/mol. The number of benzene rings is 1. The molecule has 2 aliphatic rings. The van der Waals surface area contributed by atoms with Crippen LogP contribution in [0, 0.1) is 6.57 Å². The zero-order chi connectivity index (χ0) is 21.9. The molecule has 1 aliphatic heterocycles. The lowest BCUT2D eigenvalue weighted by molar-refractivity contribution is 0.0342. The summed E-state index contributed by atoms with van der Waals surface area (Å²) in [5.74, 6) is 0.541. The molecule has 8 heteroatoms. The van der Waals surface area contributed by atoms with Crippen LogP contribution in [-0.4, -0.2) is 52.0 Å². The molecule has 2 atom stereocenters. The second kappa shape index (κ2) is 9.15. The van der Waals surface area contributed by atoms with Crippen LogP contribution >= 0.6 is 0 Å². The number of ether oxygens (including phenoxy) is 1. The molecule has 0 radical (unpaired) electrons. The summed E-state index contributed by atoms with van der Waals surface area (Å²) >= 11 is 0. The van der Waals surface area contributed by atoms with E-state index in [1.807, 2.05) is 22.9 Å². The van der Waals surface area contributed by atoms with Gasteiger partial charge in [0.2, 0.25) is 6.04 Å². The molecule has 2 aromatic heterocycles. The number of H-pyrrole nitrogens is 1. The summed E-state index contributed by atoms with van der Waals surface area (Å²) in [5.41, 5.74) is 2.71. The highest BCUT2D eigenvalue weighted by Crippen LogP contribution is 2.34. The molecule has 2 fully saturated rings. The molecule has 8 nitrogen and oxygen atoms in total. The van der Waals surface area contributed by atoms with E-state index in [4.69, 9.17) is 16.4 Å². The predicted molar refractivity (Wildman–Crippen MR) is 124 cm³/mol. The van der Waals surface area contributed by atoms with Gasteiger partial charge in [0.05, 0.1) is 18.7 Å². The topological polar surface area (TPSA) is 79.5 Å². The average molecular weight is 433 g/mol. The lowest BCUT2D eigenvalue weighted by atomic mass is 9.91. The van der Waals surface area contributed by atoms with Crippen molar-refractivity contribution in [2.75, 3.05) is 31.6 Å². The Bertz CT molecular complexity index is 1190. The molecule has 0 unspecified atom stereocenters. The molecule has 1 aliphatic carbocycles. The number of aromatic amines is 1. The van der Waals surface area contributed by atoms with Crippen molar-refractivity contribution in [3.8, 4) is 0 Å². The molecule has 0 bridgehead atoms. The minimum absolute atomic E-state index is 0.00578. The zero-order valence-electron chi connectivity index (χ0n) is 18.1. The maximum absolute atomic E-state index is 12.7. The van der Waals surface area contributed by atoms with E-state index < -0.39 is 0 Å². The van der Waals surface area contributed by atoms with Crippen LogP contribution < -0.4 is 10.9 Å². The Balaban J connectivity index is 1.46. The van der Waals surface area contributed by atoms with E-state index in [1.165, 1.54) is 5.56 Å². The van der Waals surface area contributed by atoms with Crippen molar-refractivity contribution < 1.29 is 4.74 Å². The second-order valence-electron chi connectivity index (χ2n) is 8.62. The second-order valence-corrected chi connectivity index (χ2v) is 8.62. The molecule has 1 aromatic carbocycles. The lowest BCUT2D eigenvalue weighted by Crippen LogP contribution is -2.35. The van der Waals surface area contributed by atoms with E-state index >= 15 is 0 Å². The van der Waals surface area contributed by atoms with Gasteiger partial charge in [-0.1, -0.05) is 18.6 Å². The van der Waals surface area contributed by atoms with E-state index in [2.05, 4.69) is 32.2 Å². The van der Waals surface area contributed by atoms with Crippen molar-refractivity contribution in [3.05, 3.63) is 63.9 Å². The number of rotatable bonds is 5. The van der Waals surface area contributed by atoms with Crippen molar-refractivity contribution in [3.63, 3.8) is 0 Å². The Morgan fingerprint density at radius 1 is 1.22 bits per heavy atom. The van der Waals surface area contributed by atoms with E-state index in [-0.39, 0.29) is 17.6 Å². The number of hydrogen-bond donors (Lipinski definition) is 2. The SMILES string of the molecule is [C-]#[N+][C@H]1CCCC[C@@H]1n1nc(Nc2cccc(CN3CCOCC3)c2)c2c(=O)[nH]ccc21. The van der Waals surface area contributed by atoms with Crippen LogP contribution in [0.4, 0.5) is 11.5 Å². The third-order valence-corrected chi connectivity index (χ3v) is 6.50. The van der Waals surface area contributed by atoms with Gasteiger partial charge in [-0.15, -0.1) is 0 Å². The Morgan fingerprint density at radius 2 is 2.06 bits per heavy atom. The number of anilines is 2. The summed E-state index contributed by atoms with van der Waals surface area (Å²) in [5, 5.41) is 8.76. The highest BCUT2D eigenvalue weighted by molar-refractivity contribution is 5.91. The van der Waals surface area contributed by atoms with Gasteiger partial charge in [0, 0.05) is 37.9 Å². The third-order valence-electron chi connectivity index (χ3n) is 6.50. The molecular weight excluding hydrogens is 404 g/mol. The molecule has 5 rings (SSSR count). The summed E-state index contributed by atoms with van der Waals surface area (Å²) < 4.78 is 7.35. The van der Waals surface area contributed by atoms with Gasteiger partial charge in [-0.3, -0.25) is 14.4 Å². The van der Waals surface area contributed by atoms with Crippen molar-refractivity contribution in [1.29, 1.82) is 0 Å². The fraction of sp³-hybridized carbons (Fsp3) is 0.458. The first-order valence-electron chi connectivity index (χ1n) is 11.4. The number of nitrogens with zero attached hydrogens (tertiary/aromatic N) is 4. The molecule has 166 valence electrons. The molecule has 1 saturated carbocycles. The van der Waals surface area contributed by atoms with Gasteiger partial charge < -0.3 is 19.9 Å².